The second-order valence-electron chi connectivity index (χ2n) is 8.05. The van der Waals surface area contributed by atoms with Crippen molar-refractivity contribution in [3.8, 4) is 17.2 Å². The minimum atomic E-state index is 0.0496. The van der Waals surface area contributed by atoms with Gasteiger partial charge in [-0.3, -0.25) is 4.79 Å². The Balaban J connectivity index is 1.30. The lowest BCUT2D eigenvalue weighted by atomic mass is 10.0. The first-order valence-electron chi connectivity index (χ1n) is 10.8. The van der Waals surface area contributed by atoms with Gasteiger partial charge in [0.1, 0.15) is 13.2 Å². The Morgan fingerprint density at radius 2 is 1.91 bits per heavy atom. The van der Waals surface area contributed by atoms with Crippen molar-refractivity contribution in [1.82, 2.24) is 25.1 Å². The average molecular weight is 452 g/mol. The Labute approximate surface area is 190 Å². The molecule has 1 atom stereocenters. The number of hydrogen-bond acceptors (Lipinski definition) is 7. The summed E-state index contributed by atoms with van der Waals surface area (Å²) in [6, 6.07) is 12.1. The number of carbonyl (C=O) groups is 1. The van der Waals surface area contributed by atoms with Crippen molar-refractivity contribution >= 4 is 17.7 Å². The highest BCUT2D eigenvalue weighted by Crippen LogP contribution is 2.38. The van der Waals surface area contributed by atoms with E-state index in [0.29, 0.717) is 18.4 Å². The predicted molar refractivity (Wildman–Crippen MR) is 120 cm³/mol. The number of fused-ring (bicyclic) bond motifs is 1. The number of carbonyl (C=O) groups excluding carboxylic acids is 1. The van der Waals surface area contributed by atoms with E-state index in [0.717, 1.165) is 53.3 Å². The molecule has 3 aromatic rings. The number of thioether (sulfide) groups is 1. The Bertz CT molecular complexity index is 1130. The first kappa shape index (κ1) is 20.8. The second kappa shape index (κ2) is 8.82. The largest absolute Gasteiger partial charge is 0.486 e. The number of rotatable bonds is 5. The summed E-state index contributed by atoms with van der Waals surface area (Å²) in [7, 11) is 0. The van der Waals surface area contributed by atoms with Crippen molar-refractivity contribution in [1.29, 1.82) is 0 Å². The molecule has 1 fully saturated rings. The molecule has 0 unspecified atom stereocenters. The van der Waals surface area contributed by atoms with Crippen LogP contribution in [0.1, 0.15) is 35.6 Å². The third kappa shape index (κ3) is 3.92. The molecule has 0 bridgehead atoms. The molecular weight excluding hydrogens is 426 g/mol. The standard InChI is InChI=1S/C23H25N5O3S/c1-15-5-3-6-16(2)22(15)28-23(24-25-26-28)32-14-21(29)27-10-4-7-18(27)17-8-9-19-20(13-17)31-12-11-30-19/h3,5-6,8-9,13,18H,4,7,10-12,14H2,1-2H3/t18-/m0/s1. The van der Waals surface area contributed by atoms with E-state index in [1.807, 2.05) is 55.1 Å². The molecule has 2 aliphatic rings. The molecule has 0 saturated carbocycles. The van der Waals surface area contributed by atoms with Gasteiger partial charge in [-0.05, 0) is 65.9 Å². The predicted octanol–water partition coefficient (Wildman–Crippen LogP) is 3.51. The van der Waals surface area contributed by atoms with Crippen LogP contribution in [-0.2, 0) is 4.79 Å². The van der Waals surface area contributed by atoms with Crippen molar-refractivity contribution in [3.05, 3.63) is 53.1 Å². The van der Waals surface area contributed by atoms with Crippen LogP contribution in [0.3, 0.4) is 0 Å². The molecule has 1 aromatic heterocycles. The number of para-hydroxylation sites is 1. The van der Waals surface area contributed by atoms with Crippen LogP contribution in [0.4, 0.5) is 0 Å². The van der Waals surface area contributed by atoms with E-state index >= 15 is 0 Å². The maximum absolute atomic E-state index is 13.2. The first-order valence-corrected chi connectivity index (χ1v) is 11.8. The number of nitrogens with zero attached hydrogens (tertiary/aromatic N) is 5. The van der Waals surface area contributed by atoms with E-state index in [2.05, 4.69) is 15.5 Å². The number of hydrogen-bond donors (Lipinski definition) is 0. The lowest BCUT2D eigenvalue weighted by Crippen LogP contribution is -2.32. The molecule has 0 spiro atoms. The van der Waals surface area contributed by atoms with Crippen LogP contribution in [0.15, 0.2) is 41.6 Å². The summed E-state index contributed by atoms with van der Waals surface area (Å²) >= 11 is 1.37. The molecule has 5 rings (SSSR count). The van der Waals surface area contributed by atoms with Gasteiger partial charge in [0.25, 0.3) is 0 Å². The lowest BCUT2D eigenvalue weighted by Gasteiger charge is -2.26. The van der Waals surface area contributed by atoms with Gasteiger partial charge >= 0.3 is 0 Å². The summed E-state index contributed by atoms with van der Waals surface area (Å²) in [5.41, 5.74) is 4.22. The van der Waals surface area contributed by atoms with Crippen molar-refractivity contribution in [2.24, 2.45) is 0 Å². The molecule has 2 aromatic carbocycles. The Morgan fingerprint density at radius 3 is 2.72 bits per heavy atom. The fourth-order valence-corrected chi connectivity index (χ4v) is 5.20. The second-order valence-corrected chi connectivity index (χ2v) is 8.99. The summed E-state index contributed by atoms with van der Waals surface area (Å²) in [5.74, 6) is 1.90. The van der Waals surface area contributed by atoms with Crippen molar-refractivity contribution in [3.63, 3.8) is 0 Å². The number of aromatic nitrogens is 4. The van der Waals surface area contributed by atoms with E-state index < -0.39 is 0 Å². The van der Waals surface area contributed by atoms with Gasteiger partial charge < -0.3 is 14.4 Å². The van der Waals surface area contributed by atoms with Gasteiger partial charge in [-0.1, -0.05) is 36.0 Å². The third-order valence-electron chi connectivity index (χ3n) is 5.94. The maximum atomic E-state index is 13.2. The van der Waals surface area contributed by atoms with Crippen LogP contribution in [-0.4, -0.2) is 56.5 Å². The first-order chi connectivity index (χ1) is 15.6. The molecule has 0 aliphatic carbocycles. The minimum Gasteiger partial charge on any atom is -0.486 e. The molecular formula is C23H25N5O3S. The van der Waals surface area contributed by atoms with Crippen molar-refractivity contribution < 1.29 is 14.3 Å². The highest BCUT2D eigenvalue weighted by Gasteiger charge is 2.31. The van der Waals surface area contributed by atoms with Crippen LogP contribution in [0.2, 0.25) is 0 Å². The zero-order chi connectivity index (χ0) is 22.1. The zero-order valence-electron chi connectivity index (χ0n) is 18.2. The highest BCUT2D eigenvalue weighted by molar-refractivity contribution is 7.99. The van der Waals surface area contributed by atoms with Crippen LogP contribution in [0.5, 0.6) is 11.5 Å². The molecule has 32 heavy (non-hydrogen) atoms. The number of tetrazole rings is 1. The normalized spacial score (nSPS) is 17.6. The highest BCUT2D eigenvalue weighted by atomic mass is 32.2. The summed E-state index contributed by atoms with van der Waals surface area (Å²) in [6.45, 7) is 5.94. The fraction of sp³-hybridized carbons (Fsp3) is 0.391. The monoisotopic (exact) mass is 451 g/mol. The minimum absolute atomic E-state index is 0.0496. The van der Waals surface area contributed by atoms with Gasteiger partial charge in [0.15, 0.2) is 11.5 Å². The van der Waals surface area contributed by atoms with Crippen LogP contribution >= 0.6 is 11.8 Å². The maximum Gasteiger partial charge on any atom is 0.233 e. The SMILES string of the molecule is Cc1cccc(C)c1-n1nnnc1SCC(=O)N1CCC[C@H]1c1ccc2c(c1)OCCO2. The van der Waals surface area contributed by atoms with E-state index in [1.54, 1.807) is 4.68 Å². The van der Waals surface area contributed by atoms with Crippen LogP contribution in [0, 0.1) is 13.8 Å². The molecule has 9 heteroatoms. The summed E-state index contributed by atoms with van der Waals surface area (Å²) in [6.07, 6.45) is 1.92. The van der Waals surface area contributed by atoms with Gasteiger partial charge in [0.05, 0.1) is 17.5 Å². The Hall–Kier alpha value is -3.07. The smallest absolute Gasteiger partial charge is 0.233 e. The van der Waals surface area contributed by atoms with Gasteiger partial charge in [-0.15, -0.1) is 5.10 Å². The number of amides is 1. The zero-order valence-corrected chi connectivity index (χ0v) is 19.0. The number of likely N-dealkylation sites (tertiary alicyclic amines) is 1. The van der Waals surface area contributed by atoms with Gasteiger partial charge in [-0.25, -0.2) is 0 Å². The molecule has 1 amide bonds. The van der Waals surface area contributed by atoms with E-state index in [1.165, 1.54) is 11.8 Å². The summed E-state index contributed by atoms with van der Waals surface area (Å²) in [4.78, 5) is 15.1. The average Bonchev–Trinajstić information content (AvgIpc) is 3.47. The molecule has 166 valence electrons. The Kier molecular flexibility index (Phi) is 5.73. The molecule has 2 aliphatic heterocycles. The molecule has 0 N–H and O–H groups in total. The van der Waals surface area contributed by atoms with E-state index in [-0.39, 0.29) is 17.7 Å². The van der Waals surface area contributed by atoms with Gasteiger partial charge in [-0.2, -0.15) is 4.68 Å². The third-order valence-corrected chi connectivity index (χ3v) is 6.85. The molecule has 0 radical (unpaired) electrons. The Morgan fingerprint density at radius 1 is 1.12 bits per heavy atom. The topological polar surface area (TPSA) is 82.4 Å². The van der Waals surface area contributed by atoms with Crippen molar-refractivity contribution in [2.75, 3.05) is 25.5 Å². The molecule has 1 saturated heterocycles. The van der Waals surface area contributed by atoms with E-state index in [9.17, 15) is 4.79 Å². The van der Waals surface area contributed by atoms with E-state index in [4.69, 9.17) is 9.47 Å². The lowest BCUT2D eigenvalue weighted by molar-refractivity contribution is -0.129. The number of aryl methyl sites for hydroxylation is 2. The number of ether oxygens (including phenoxy) is 2. The van der Waals surface area contributed by atoms with Crippen molar-refractivity contribution in [2.45, 2.75) is 37.9 Å². The molecule has 8 nitrogen and oxygen atoms in total. The van der Waals surface area contributed by atoms with Gasteiger partial charge in [0.2, 0.25) is 11.1 Å². The molecule has 3 heterocycles. The van der Waals surface area contributed by atoms with Crippen LogP contribution < -0.4 is 9.47 Å². The summed E-state index contributed by atoms with van der Waals surface area (Å²) < 4.78 is 13.1. The quantitative estimate of drug-likeness (QED) is 0.549. The fourth-order valence-electron chi connectivity index (χ4n) is 4.44. The summed E-state index contributed by atoms with van der Waals surface area (Å²) in [5, 5.41) is 12.8. The van der Waals surface area contributed by atoms with Gasteiger partial charge in [0, 0.05) is 6.54 Å². The van der Waals surface area contributed by atoms with Crippen LogP contribution in [0.25, 0.3) is 5.69 Å². The number of benzene rings is 2.